The van der Waals surface area contributed by atoms with Crippen molar-refractivity contribution in [3.8, 4) is 0 Å². The Labute approximate surface area is 163 Å². The molecule has 2 heterocycles. The van der Waals surface area contributed by atoms with Crippen molar-refractivity contribution < 1.29 is 14.8 Å². The van der Waals surface area contributed by atoms with Gasteiger partial charge in [-0.15, -0.1) is 0 Å². The number of hydrogen-bond acceptors (Lipinski definition) is 6. The van der Waals surface area contributed by atoms with Gasteiger partial charge >= 0.3 is 0 Å². The van der Waals surface area contributed by atoms with Crippen molar-refractivity contribution in [1.82, 2.24) is 15.8 Å². The van der Waals surface area contributed by atoms with E-state index in [1.54, 1.807) is 30.3 Å². The predicted octanol–water partition coefficient (Wildman–Crippen LogP) is 1.91. The molecule has 0 saturated carbocycles. The lowest BCUT2D eigenvalue weighted by Crippen LogP contribution is -2.43. The van der Waals surface area contributed by atoms with Gasteiger partial charge < -0.3 is 10.2 Å². The third kappa shape index (κ3) is 5.35. The van der Waals surface area contributed by atoms with Crippen molar-refractivity contribution in [2.24, 2.45) is 0 Å². The van der Waals surface area contributed by atoms with E-state index in [0.29, 0.717) is 17.0 Å². The van der Waals surface area contributed by atoms with Gasteiger partial charge in [-0.25, -0.2) is 10.5 Å². The number of nitrogens with one attached hydrogen (secondary N) is 2. The zero-order chi connectivity index (χ0) is 19.8. The summed E-state index contributed by atoms with van der Waals surface area (Å²) in [6.45, 7) is 3.72. The maximum atomic E-state index is 12.6. The van der Waals surface area contributed by atoms with E-state index in [2.05, 4.69) is 15.2 Å². The van der Waals surface area contributed by atoms with Gasteiger partial charge in [0.05, 0.1) is 11.4 Å². The Balaban J connectivity index is 1.70. The van der Waals surface area contributed by atoms with E-state index >= 15 is 0 Å². The van der Waals surface area contributed by atoms with Crippen LogP contribution in [-0.4, -0.2) is 48.1 Å². The van der Waals surface area contributed by atoms with Gasteiger partial charge in [-0.2, -0.15) is 0 Å². The van der Waals surface area contributed by atoms with Gasteiger partial charge in [0.25, 0.3) is 5.91 Å². The summed E-state index contributed by atoms with van der Waals surface area (Å²) in [7, 11) is 0. The number of nitrogens with zero attached hydrogens (tertiary/aromatic N) is 2. The number of carbonyl (C=O) groups is 2. The number of pyridine rings is 1. The van der Waals surface area contributed by atoms with Gasteiger partial charge in [0.15, 0.2) is 5.78 Å². The average Bonchev–Trinajstić information content (AvgIpc) is 2.76. The molecule has 0 spiro atoms. The van der Waals surface area contributed by atoms with Crippen LogP contribution in [0.2, 0.25) is 0 Å². The van der Waals surface area contributed by atoms with E-state index in [0.717, 1.165) is 31.9 Å². The molecule has 0 radical (unpaired) electrons. The molecule has 1 aliphatic rings. The lowest BCUT2D eigenvalue weighted by molar-refractivity contribution is -0.124. The van der Waals surface area contributed by atoms with Gasteiger partial charge in [-0.3, -0.25) is 14.8 Å². The molecular weight excluding hydrogens is 356 g/mol. The average molecular weight is 378 g/mol. The maximum Gasteiger partial charge on any atom is 0.267 e. The Morgan fingerprint density at radius 2 is 1.71 bits per heavy atom. The molecule has 0 aliphatic carbocycles. The molecule has 1 aromatic heterocycles. The number of piperazine rings is 1. The zero-order valence-corrected chi connectivity index (χ0v) is 15.3. The first-order valence-corrected chi connectivity index (χ1v) is 9.03. The summed E-state index contributed by atoms with van der Waals surface area (Å²) in [6, 6.07) is 12.9. The highest BCUT2D eigenvalue weighted by Crippen LogP contribution is 2.17. The lowest BCUT2D eigenvalue weighted by atomic mass is 10.1. The monoisotopic (exact) mass is 378 g/mol. The number of amides is 1. The Kier molecular flexibility index (Phi) is 6.67. The van der Waals surface area contributed by atoms with Crippen molar-refractivity contribution in [3.63, 3.8) is 0 Å². The zero-order valence-electron chi connectivity index (χ0n) is 15.3. The van der Waals surface area contributed by atoms with Crippen LogP contribution in [0.4, 0.5) is 5.69 Å². The fourth-order valence-corrected chi connectivity index (χ4v) is 2.89. The van der Waals surface area contributed by atoms with Crippen LogP contribution < -0.4 is 15.7 Å². The standard InChI is InChI=1S/C21H22N4O3/c26-20(16-3-1-6-19(15-16)25-13-11-22-12-14-25)9-7-17-4-2-5-18(23-17)8-10-21(27)24-28/h1-10,15,22,28H,11-14H2,(H,24,27). The van der Waals surface area contributed by atoms with Gasteiger partial charge in [0, 0.05) is 43.5 Å². The summed E-state index contributed by atoms with van der Waals surface area (Å²) in [5.41, 5.74) is 4.33. The predicted molar refractivity (Wildman–Crippen MR) is 108 cm³/mol. The topological polar surface area (TPSA) is 94.6 Å². The molecule has 7 heteroatoms. The van der Waals surface area contributed by atoms with Gasteiger partial charge in [0.2, 0.25) is 0 Å². The number of hydroxylamine groups is 1. The van der Waals surface area contributed by atoms with Crippen molar-refractivity contribution in [3.05, 3.63) is 71.6 Å². The van der Waals surface area contributed by atoms with Gasteiger partial charge in [-0.05, 0) is 42.5 Å². The summed E-state index contributed by atoms with van der Waals surface area (Å²) in [6.07, 6.45) is 5.78. The van der Waals surface area contributed by atoms with Crippen molar-refractivity contribution >= 4 is 29.5 Å². The summed E-state index contributed by atoms with van der Waals surface area (Å²) in [5.74, 6) is -0.735. The van der Waals surface area contributed by atoms with Crippen molar-refractivity contribution in [2.45, 2.75) is 0 Å². The molecule has 0 unspecified atom stereocenters. The first-order chi connectivity index (χ1) is 13.7. The Bertz CT molecular complexity index is 902. The van der Waals surface area contributed by atoms with Crippen LogP contribution in [0.3, 0.4) is 0 Å². The minimum absolute atomic E-state index is 0.0978. The third-order valence-corrected chi connectivity index (χ3v) is 4.33. The normalized spacial score (nSPS) is 14.5. The highest BCUT2D eigenvalue weighted by Gasteiger charge is 2.12. The van der Waals surface area contributed by atoms with Crippen LogP contribution >= 0.6 is 0 Å². The van der Waals surface area contributed by atoms with E-state index in [1.165, 1.54) is 23.7 Å². The third-order valence-electron chi connectivity index (χ3n) is 4.33. The number of carbonyl (C=O) groups excluding carboxylic acids is 2. The number of aromatic nitrogens is 1. The molecule has 1 aromatic carbocycles. The molecule has 1 saturated heterocycles. The number of allylic oxidation sites excluding steroid dienone is 1. The van der Waals surface area contributed by atoms with E-state index in [-0.39, 0.29) is 5.78 Å². The van der Waals surface area contributed by atoms with E-state index < -0.39 is 5.91 Å². The lowest BCUT2D eigenvalue weighted by Gasteiger charge is -2.29. The second kappa shape index (κ2) is 9.59. The minimum atomic E-state index is -0.637. The molecule has 2 aromatic rings. The van der Waals surface area contributed by atoms with Crippen LogP contribution in [0.25, 0.3) is 12.2 Å². The van der Waals surface area contributed by atoms with Crippen molar-refractivity contribution in [2.75, 3.05) is 31.1 Å². The molecule has 1 fully saturated rings. The Hall–Kier alpha value is -3.29. The highest BCUT2D eigenvalue weighted by atomic mass is 16.5. The van der Waals surface area contributed by atoms with E-state index in [1.807, 2.05) is 18.2 Å². The summed E-state index contributed by atoms with van der Waals surface area (Å²) in [5, 5.41) is 11.8. The van der Waals surface area contributed by atoms with Crippen LogP contribution in [0, 0.1) is 0 Å². The van der Waals surface area contributed by atoms with Crippen LogP contribution in [0.15, 0.2) is 54.6 Å². The summed E-state index contributed by atoms with van der Waals surface area (Å²) in [4.78, 5) is 30.2. The van der Waals surface area contributed by atoms with Crippen LogP contribution in [0.5, 0.6) is 0 Å². The van der Waals surface area contributed by atoms with E-state index in [9.17, 15) is 9.59 Å². The minimum Gasteiger partial charge on any atom is -0.369 e. The maximum absolute atomic E-state index is 12.6. The first kappa shape index (κ1) is 19.5. The van der Waals surface area contributed by atoms with Gasteiger partial charge in [0.1, 0.15) is 0 Å². The number of rotatable bonds is 6. The van der Waals surface area contributed by atoms with E-state index in [4.69, 9.17) is 5.21 Å². The molecule has 28 heavy (non-hydrogen) atoms. The van der Waals surface area contributed by atoms with Crippen molar-refractivity contribution in [1.29, 1.82) is 0 Å². The molecule has 3 N–H and O–H groups in total. The summed E-state index contributed by atoms with van der Waals surface area (Å²) >= 11 is 0. The van der Waals surface area contributed by atoms with Crippen LogP contribution in [0.1, 0.15) is 21.7 Å². The SMILES string of the molecule is O=C(C=Cc1cccc(C=CC(=O)c2cccc(N3CCNCC3)c2)n1)NO. The Morgan fingerprint density at radius 3 is 2.43 bits per heavy atom. The highest BCUT2D eigenvalue weighted by molar-refractivity contribution is 6.07. The molecule has 0 atom stereocenters. The molecule has 1 aliphatic heterocycles. The number of benzene rings is 1. The van der Waals surface area contributed by atoms with Gasteiger partial charge in [-0.1, -0.05) is 18.2 Å². The summed E-state index contributed by atoms with van der Waals surface area (Å²) < 4.78 is 0. The first-order valence-electron chi connectivity index (χ1n) is 9.03. The molecule has 1 amide bonds. The smallest absolute Gasteiger partial charge is 0.267 e. The fourth-order valence-electron chi connectivity index (χ4n) is 2.89. The molecule has 3 rings (SSSR count). The Morgan fingerprint density at radius 1 is 1.04 bits per heavy atom. The largest absolute Gasteiger partial charge is 0.369 e. The number of ketones is 1. The quantitative estimate of drug-likeness (QED) is 0.308. The number of anilines is 1. The second-order valence-electron chi connectivity index (χ2n) is 6.28. The molecule has 7 nitrogen and oxygen atoms in total. The molecule has 144 valence electrons. The second-order valence-corrected chi connectivity index (χ2v) is 6.28. The molecule has 0 bridgehead atoms. The number of hydrogen-bond donors (Lipinski definition) is 3. The van der Waals surface area contributed by atoms with Crippen LogP contribution in [-0.2, 0) is 4.79 Å². The molecular formula is C21H22N4O3. The fraction of sp³-hybridized carbons (Fsp3) is 0.190.